The fraction of sp³-hybridized carbons (Fsp3) is 0.158. The monoisotopic (exact) mass is 435 g/mol. The van der Waals surface area contributed by atoms with Crippen molar-refractivity contribution in [2.75, 3.05) is 11.9 Å². The van der Waals surface area contributed by atoms with Crippen LogP contribution in [0.5, 0.6) is 11.6 Å². The summed E-state index contributed by atoms with van der Waals surface area (Å²) in [4.78, 5) is 16.8. The van der Waals surface area contributed by atoms with Gasteiger partial charge in [-0.2, -0.15) is 13.2 Å². The highest BCUT2D eigenvalue weighted by atomic mass is 32.1. The summed E-state index contributed by atoms with van der Waals surface area (Å²) >= 11 is 1.43. The van der Waals surface area contributed by atoms with Gasteiger partial charge in [-0.05, 0) is 30.2 Å². The Kier molecular flexibility index (Phi) is 5.44. The predicted octanol–water partition coefficient (Wildman–Crippen LogP) is 5.09. The van der Waals surface area contributed by atoms with E-state index in [-0.39, 0.29) is 5.75 Å². The molecular weight excluding hydrogens is 422 g/mol. The SMILES string of the molecule is Fc1cc(C(F)(F)F)cnc1Oc1ccc(CCNc2ncnc3scnc23)cc1. The molecule has 0 aliphatic heterocycles. The summed E-state index contributed by atoms with van der Waals surface area (Å²) in [6.45, 7) is 0.596. The second kappa shape index (κ2) is 8.19. The normalized spacial score (nSPS) is 11.6. The van der Waals surface area contributed by atoms with Crippen molar-refractivity contribution in [2.45, 2.75) is 12.6 Å². The van der Waals surface area contributed by atoms with Gasteiger partial charge in [-0.25, -0.2) is 24.3 Å². The number of ether oxygens (including phenoxy) is 1. The lowest BCUT2D eigenvalue weighted by molar-refractivity contribution is -0.138. The number of anilines is 1. The van der Waals surface area contributed by atoms with Gasteiger partial charge in [0.25, 0.3) is 5.88 Å². The number of hydrogen-bond acceptors (Lipinski definition) is 7. The van der Waals surface area contributed by atoms with Gasteiger partial charge in [0.2, 0.25) is 0 Å². The van der Waals surface area contributed by atoms with Crippen LogP contribution in [0.4, 0.5) is 23.4 Å². The number of thiazole rings is 1. The van der Waals surface area contributed by atoms with Crippen molar-refractivity contribution < 1.29 is 22.3 Å². The van der Waals surface area contributed by atoms with Crippen molar-refractivity contribution >= 4 is 27.5 Å². The third kappa shape index (κ3) is 4.46. The number of halogens is 4. The van der Waals surface area contributed by atoms with Gasteiger partial charge >= 0.3 is 6.18 Å². The zero-order valence-electron chi connectivity index (χ0n) is 15.2. The minimum Gasteiger partial charge on any atom is -0.436 e. The maximum absolute atomic E-state index is 13.9. The van der Waals surface area contributed by atoms with Gasteiger partial charge in [0.15, 0.2) is 11.6 Å². The predicted molar refractivity (Wildman–Crippen MR) is 103 cm³/mol. The van der Waals surface area contributed by atoms with Crippen LogP contribution in [-0.2, 0) is 12.6 Å². The Balaban J connectivity index is 1.36. The van der Waals surface area contributed by atoms with E-state index >= 15 is 0 Å². The standard InChI is InChI=1S/C19H13F4N5OS/c20-14-7-12(19(21,22)23)8-25-17(14)29-13-3-1-11(2-4-13)5-6-24-16-15-18(27-9-26-16)30-10-28-15/h1-4,7-10H,5-6H2,(H,24,26,27). The maximum atomic E-state index is 13.9. The number of hydrogen-bond donors (Lipinski definition) is 1. The number of rotatable bonds is 6. The summed E-state index contributed by atoms with van der Waals surface area (Å²) < 4.78 is 56.8. The first-order chi connectivity index (χ1) is 14.4. The molecule has 4 aromatic rings. The Hall–Kier alpha value is -3.34. The molecule has 0 saturated carbocycles. The van der Waals surface area contributed by atoms with Crippen LogP contribution in [-0.4, -0.2) is 26.5 Å². The maximum Gasteiger partial charge on any atom is 0.417 e. The Morgan fingerprint density at radius 3 is 2.57 bits per heavy atom. The minimum absolute atomic E-state index is 0.262. The molecule has 1 N–H and O–H groups in total. The fourth-order valence-corrected chi connectivity index (χ4v) is 3.27. The summed E-state index contributed by atoms with van der Waals surface area (Å²) in [7, 11) is 0. The molecule has 0 fully saturated rings. The average molecular weight is 435 g/mol. The van der Waals surface area contributed by atoms with E-state index in [9.17, 15) is 17.6 Å². The van der Waals surface area contributed by atoms with E-state index in [1.54, 1.807) is 29.8 Å². The summed E-state index contributed by atoms with van der Waals surface area (Å²) in [5, 5.41) is 3.21. The van der Waals surface area contributed by atoms with E-state index in [4.69, 9.17) is 4.74 Å². The Labute approximate surface area is 171 Å². The lowest BCUT2D eigenvalue weighted by atomic mass is 10.1. The molecule has 0 atom stereocenters. The lowest BCUT2D eigenvalue weighted by Crippen LogP contribution is -2.07. The number of pyridine rings is 1. The molecule has 3 aromatic heterocycles. The first-order valence-corrected chi connectivity index (χ1v) is 9.56. The van der Waals surface area contributed by atoms with Gasteiger partial charge in [0.1, 0.15) is 22.4 Å². The number of aromatic nitrogens is 4. The molecule has 0 radical (unpaired) electrons. The lowest BCUT2D eigenvalue weighted by Gasteiger charge is -2.10. The van der Waals surface area contributed by atoms with Crippen LogP contribution < -0.4 is 10.1 Å². The molecular formula is C19H13F4N5OS. The zero-order valence-corrected chi connectivity index (χ0v) is 16.0. The summed E-state index contributed by atoms with van der Waals surface area (Å²) in [6.07, 6.45) is -1.99. The third-order valence-corrected chi connectivity index (χ3v) is 4.85. The molecule has 0 unspecified atom stereocenters. The van der Waals surface area contributed by atoms with Crippen LogP contribution in [0, 0.1) is 5.82 Å². The first-order valence-electron chi connectivity index (χ1n) is 8.68. The summed E-state index contributed by atoms with van der Waals surface area (Å²) in [5.41, 5.74) is 2.22. The number of nitrogens with one attached hydrogen (secondary N) is 1. The molecule has 1 aromatic carbocycles. The van der Waals surface area contributed by atoms with Gasteiger partial charge < -0.3 is 10.1 Å². The van der Waals surface area contributed by atoms with Crippen LogP contribution in [0.2, 0.25) is 0 Å². The van der Waals surface area contributed by atoms with E-state index in [1.165, 1.54) is 17.7 Å². The first kappa shape index (κ1) is 20.0. The summed E-state index contributed by atoms with van der Waals surface area (Å²) in [6, 6.07) is 7.10. The fourth-order valence-electron chi connectivity index (χ4n) is 2.64. The molecule has 0 aliphatic carbocycles. The molecule has 0 spiro atoms. The van der Waals surface area contributed by atoms with Crippen molar-refractivity contribution in [3.63, 3.8) is 0 Å². The average Bonchev–Trinajstić information content (AvgIpc) is 3.20. The van der Waals surface area contributed by atoms with Gasteiger partial charge in [-0.3, -0.25) is 0 Å². The van der Waals surface area contributed by atoms with Gasteiger partial charge in [-0.1, -0.05) is 12.1 Å². The third-order valence-electron chi connectivity index (χ3n) is 4.11. The number of alkyl halides is 3. The molecule has 0 saturated heterocycles. The largest absolute Gasteiger partial charge is 0.436 e. The quantitative estimate of drug-likeness (QED) is 0.426. The smallest absolute Gasteiger partial charge is 0.417 e. The Morgan fingerprint density at radius 1 is 1.03 bits per heavy atom. The van der Waals surface area contributed by atoms with Crippen molar-refractivity contribution in [2.24, 2.45) is 0 Å². The second-order valence-electron chi connectivity index (χ2n) is 6.16. The van der Waals surface area contributed by atoms with E-state index in [2.05, 4.69) is 25.3 Å². The highest BCUT2D eigenvalue weighted by molar-refractivity contribution is 7.16. The van der Waals surface area contributed by atoms with Crippen LogP contribution in [0.15, 0.2) is 48.4 Å². The molecule has 0 aliphatic rings. The van der Waals surface area contributed by atoms with E-state index in [0.29, 0.717) is 31.0 Å². The second-order valence-corrected chi connectivity index (χ2v) is 6.99. The molecule has 0 amide bonds. The van der Waals surface area contributed by atoms with Gasteiger partial charge in [-0.15, -0.1) is 11.3 Å². The van der Waals surface area contributed by atoms with E-state index in [0.717, 1.165) is 15.9 Å². The van der Waals surface area contributed by atoms with Crippen molar-refractivity contribution in [3.05, 3.63) is 65.3 Å². The van der Waals surface area contributed by atoms with Crippen molar-refractivity contribution in [3.8, 4) is 11.6 Å². The topological polar surface area (TPSA) is 72.8 Å². The van der Waals surface area contributed by atoms with Crippen LogP contribution in [0.3, 0.4) is 0 Å². The highest BCUT2D eigenvalue weighted by Crippen LogP contribution is 2.31. The molecule has 11 heteroatoms. The Morgan fingerprint density at radius 2 is 1.83 bits per heavy atom. The number of benzene rings is 1. The van der Waals surface area contributed by atoms with E-state index in [1.807, 2.05) is 0 Å². The summed E-state index contributed by atoms with van der Waals surface area (Å²) in [5.74, 6) is -0.785. The highest BCUT2D eigenvalue weighted by Gasteiger charge is 2.32. The Bertz CT molecular complexity index is 1160. The van der Waals surface area contributed by atoms with Crippen LogP contribution in [0.1, 0.15) is 11.1 Å². The number of fused-ring (bicyclic) bond motifs is 1. The van der Waals surface area contributed by atoms with Crippen LogP contribution >= 0.6 is 11.3 Å². The zero-order chi connectivity index (χ0) is 21.1. The minimum atomic E-state index is -4.67. The molecule has 154 valence electrons. The number of nitrogens with zero attached hydrogens (tertiary/aromatic N) is 4. The van der Waals surface area contributed by atoms with E-state index < -0.39 is 23.4 Å². The van der Waals surface area contributed by atoms with Gasteiger partial charge in [0, 0.05) is 12.7 Å². The molecule has 3 heterocycles. The molecule has 30 heavy (non-hydrogen) atoms. The molecule has 0 bridgehead atoms. The molecule has 6 nitrogen and oxygen atoms in total. The van der Waals surface area contributed by atoms with Crippen LogP contribution in [0.25, 0.3) is 10.3 Å². The van der Waals surface area contributed by atoms with Crippen molar-refractivity contribution in [1.82, 2.24) is 19.9 Å². The van der Waals surface area contributed by atoms with Gasteiger partial charge in [0.05, 0.1) is 11.1 Å². The molecule has 4 rings (SSSR count). The van der Waals surface area contributed by atoms with Crippen molar-refractivity contribution in [1.29, 1.82) is 0 Å².